The van der Waals surface area contributed by atoms with Crippen LogP contribution in [-0.2, 0) is 4.79 Å². The first-order chi connectivity index (χ1) is 8.72. The number of nitrogens with zero attached hydrogens (tertiary/aromatic N) is 4. The Balaban J connectivity index is 1.68. The Hall–Kier alpha value is -1.63. The van der Waals surface area contributed by atoms with E-state index in [-0.39, 0.29) is 11.2 Å². The molecule has 1 saturated carbocycles. The van der Waals surface area contributed by atoms with Gasteiger partial charge in [-0.25, -0.2) is 9.50 Å². The lowest BCUT2D eigenvalue weighted by Gasteiger charge is -2.08. The molecule has 1 aliphatic rings. The first-order valence-electron chi connectivity index (χ1n) is 5.87. The second kappa shape index (κ2) is 4.56. The van der Waals surface area contributed by atoms with Crippen LogP contribution in [0.2, 0.25) is 0 Å². The quantitative estimate of drug-likeness (QED) is 0.829. The van der Waals surface area contributed by atoms with Gasteiger partial charge in [-0.3, -0.25) is 4.79 Å². The molecular weight excluding hydrogens is 250 g/mol. The van der Waals surface area contributed by atoms with E-state index >= 15 is 0 Å². The zero-order valence-corrected chi connectivity index (χ0v) is 10.7. The predicted octanol–water partition coefficient (Wildman–Crippen LogP) is 0.883. The van der Waals surface area contributed by atoms with Gasteiger partial charge >= 0.3 is 0 Å². The van der Waals surface area contributed by atoms with Gasteiger partial charge in [0.15, 0.2) is 0 Å². The number of carbonyl (C=O) groups excluding carboxylic acids is 1. The number of nitrogens with one attached hydrogen (secondary N) is 1. The first-order valence-corrected chi connectivity index (χ1v) is 6.75. The molecule has 0 radical (unpaired) electrons. The highest BCUT2D eigenvalue weighted by molar-refractivity contribution is 8.00. The molecule has 0 saturated heterocycles. The molecule has 94 valence electrons. The molecule has 0 aliphatic heterocycles. The molecular formula is C11H13N5OS. The van der Waals surface area contributed by atoms with Gasteiger partial charge in [0.05, 0.1) is 5.25 Å². The average Bonchev–Trinajstić information content (AvgIpc) is 3.07. The second-order valence-electron chi connectivity index (χ2n) is 4.30. The fourth-order valence-corrected chi connectivity index (χ4v) is 2.28. The van der Waals surface area contributed by atoms with Crippen LogP contribution in [0.4, 0.5) is 0 Å². The first kappa shape index (κ1) is 11.5. The van der Waals surface area contributed by atoms with Crippen LogP contribution in [0.15, 0.2) is 23.6 Å². The van der Waals surface area contributed by atoms with E-state index in [4.69, 9.17) is 0 Å². The molecule has 1 aliphatic carbocycles. The number of fused-ring (bicyclic) bond motifs is 1. The lowest BCUT2D eigenvalue weighted by atomic mass is 10.4. The van der Waals surface area contributed by atoms with Gasteiger partial charge in [0.25, 0.3) is 5.78 Å². The highest BCUT2D eigenvalue weighted by Gasteiger charge is 2.26. The minimum absolute atomic E-state index is 0.0503. The summed E-state index contributed by atoms with van der Waals surface area (Å²) >= 11 is 1.35. The molecule has 2 aromatic rings. The Bertz CT molecular complexity index is 547. The third-order valence-corrected chi connectivity index (χ3v) is 3.62. The van der Waals surface area contributed by atoms with Crippen molar-refractivity contribution in [1.29, 1.82) is 0 Å². The maximum atomic E-state index is 11.8. The van der Waals surface area contributed by atoms with Gasteiger partial charge < -0.3 is 5.32 Å². The van der Waals surface area contributed by atoms with Crippen molar-refractivity contribution < 1.29 is 4.79 Å². The number of aromatic nitrogens is 4. The fourth-order valence-electron chi connectivity index (χ4n) is 1.52. The molecule has 0 aromatic carbocycles. The molecule has 2 heterocycles. The predicted molar refractivity (Wildman–Crippen MR) is 67.3 cm³/mol. The van der Waals surface area contributed by atoms with Crippen LogP contribution >= 0.6 is 11.8 Å². The van der Waals surface area contributed by atoms with Gasteiger partial charge in [0.2, 0.25) is 11.1 Å². The Morgan fingerprint density at radius 1 is 1.61 bits per heavy atom. The summed E-state index contributed by atoms with van der Waals surface area (Å²) in [6.45, 7) is 1.86. The largest absolute Gasteiger partial charge is 0.352 e. The normalized spacial score (nSPS) is 16.7. The zero-order chi connectivity index (χ0) is 12.5. The van der Waals surface area contributed by atoms with Crippen molar-refractivity contribution in [3.05, 3.63) is 18.5 Å². The van der Waals surface area contributed by atoms with E-state index in [9.17, 15) is 4.79 Å². The summed E-state index contributed by atoms with van der Waals surface area (Å²) in [4.78, 5) is 20.1. The van der Waals surface area contributed by atoms with Crippen LogP contribution in [0.3, 0.4) is 0 Å². The van der Waals surface area contributed by atoms with E-state index in [1.54, 1.807) is 23.0 Å². The van der Waals surface area contributed by atoms with E-state index in [0.717, 1.165) is 12.8 Å². The topological polar surface area (TPSA) is 72.2 Å². The zero-order valence-electron chi connectivity index (χ0n) is 9.91. The van der Waals surface area contributed by atoms with Crippen molar-refractivity contribution in [3.63, 3.8) is 0 Å². The number of rotatable bonds is 4. The number of carbonyl (C=O) groups is 1. The summed E-state index contributed by atoms with van der Waals surface area (Å²) in [5.41, 5.74) is 0. The van der Waals surface area contributed by atoms with Crippen LogP contribution in [0.5, 0.6) is 0 Å². The van der Waals surface area contributed by atoms with Crippen molar-refractivity contribution in [2.24, 2.45) is 0 Å². The number of amides is 1. The number of thioether (sulfide) groups is 1. The maximum Gasteiger partial charge on any atom is 0.253 e. The molecule has 0 bridgehead atoms. The van der Waals surface area contributed by atoms with Gasteiger partial charge in [-0.2, -0.15) is 4.98 Å². The van der Waals surface area contributed by atoms with Crippen LogP contribution < -0.4 is 5.32 Å². The molecule has 1 amide bonds. The monoisotopic (exact) mass is 263 g/mol. The van der Waals surface area contributed by atoms with Gasteiger partial charge in [-0.1, -0.05) is 11.8 Å². The van der Waals surface area contributed by atoms with Crippen molar-refractivity contribution in [1.82, 2.24) is 24.9 Å². The Kier molecular flexibility index (Phi) is 2.91. The average molecular weight is 263 g/mol. The minimum Gasteiger partial charge on any atom is -0.352 e. The summed E-state index contributed by atoms with van der Waals surface area (Å²) in [7, 11) is 0. The summed E-state index contributed by atoms with van der Waals surface area (Å²) in [5, 5.41) is 7.61. The molecule has 6 nitrogen and oxygen atoms in total. The lowest BCUT2D eigenvalue weighted by Crippen LogP contribution is -2.32. The van der Waals surface area contributed by atoms with Crippen LogP contribution in [0.1, 0.15) is 19.8 Å². The van der Waals surface area contributed by atoms with Crippen molar-refractivity contribution in [3.8, 4) is 0 Å². The standard InChI is InChI=1S/C11H13N5OS/c1-7(9(17)13-8-3-4-8)18-11-14-10-12-5-2-6-16(10)15-11/h2,5-8H,3-4H2,1H3,(H,13,17). The molecule has 7 heteroatoms. The molecule has 1 fully saturated rings. The molecule has 0 spiro atoms. The summed E-state index contributed by atoms with van der Waals surface area (Å²) in [6, 6.07) is 2.18. The van der Waals surface area contributed by atoms with Crippen LogP contribution in [0, 0.1) is 0 Å². The van der Waals surface area contributed by atoms with E-state index in [2.05, 4.69) is 20.4 Å². The summed E-state index contributed by atoms with van der Waals surface area (Å²) in [6.07, 6.45) is 5.65. The van der Waals surface area contributed by atoms with E-state index in [0.29, 0.717) is 17.0 Å². The lowest BCUT2D eigenvalue weighted by molar-refractivity contribution is -0.120. The Morgan fingerprint density at radius 3 is 3.17 bits per heavy atom. The van der Waals surface area contributed by atoms with E-state index in [1.165, 1.54) is 11.8 Å². The molecule has 2 aromatic heterocycles. The van der Waals surface area contributed by atoms with Crippen molar-refractivity contribution in [2.75, 3.05) is 0 Å². The smallest absolute Gasteiger partial charge is 0.253 e. The van der Waals surface area contributed by atoms with Gasteiger partial charge in [0, 0.05) is 18.4 Å². The molecule has 18 heavy (non-hydrogen) atoms. The van der Waals surface area contributed by atoms with E-state index < -0.39 is 0 Å². The SMILES string of the molecule is CC(Sc1nc2ncccn2n1)C(=O)NC1CC1. The molecule has 1 N–H and O–H groups in total. The Labute approximate surface area is 108 Å². The highest BCUT2D eigenvalue weighted by atomic mass is 32.2. The third-order valence-electron chi connectivity index (χ3n) is 2.67. The highest BCUT2D eigenvalue weighted by Crippen LogP contribution is 2.23. The van der Waals surface area contributed by atoms with Gasteiger partial charge in [0.1, 0.15) is 0 Å². The minimum atomic E-state index is -0.192. The van der Waals surface area contributed by atoms with Crippen molar-refractivity contribution in [2.45, 2.75) is 36.2 Å². The molecule has 1 atom stereocenters. The molecule has 1 unspecified atom stereocenters. The van der Waals surface area contributed by atoms with Crippen molar-refractivity contribution >= 4 is 23.4 Å². The van der Waals surface area contributed by atoms with E-state index in [1.807, 2.05) is 6.92 Å². The Morgan fingerprint density at radius 2 is 2.44 bits per heavy atom. The van der Waals surface area contributed by atoms with Gasteiger partial charge in [-0.05, 0) is 25.8 Å². The molecule has 3 rings (SSSR count). The van der Waals surface area contributed by atoms with Crippen LogP contribution in [-0.4, -0.2) is 36.8 Å². The maximum absolute atomic E-state index is 11.8. The fraction of sp³-hybridized carbons (Fsp3) is 0.455. The summed E-state index contributed by atoms with van der Waals surface area (Å²) < 4.78 is 1.61. The van der Waals surface area contributed by atoms with Crippen LogP contribution in [0.25, 0.3) is 5.78 Å². The summed E-state index contributed by atoms with van der Waals surface area (Å²) in [5.74, 6) is 0.601. The second-order valence-corrected chi connectivity index (χ2v) is 5.61. The number of hydrogen-bond donors (Lipinski definition) is 1. The number of hydrogen-bond acceptors (Lipinski definition) is 5. The van der Waals surface area contributed by atoms with Gasteiger partial charge in [-0.15, -0.1) is 5.10 Å². The third kappa shape index (κ3) is 2.45.